The Morgan fingerprint density at radius 3 is 2.78 bits per heavy atom. The Morgan fingerprint density at radius 1 is 1.41 bits per heavy atom. The molecule has 1 aromatic carbocycles. The van der Waals surface area contributed by atoms with Crippen LogP contribution in [0.15, 0.2) is 28.2 Å². The number of hydrogen-bond donors (Lipinski definition) is 1. The van der Waals surface area contributed by atoms with E-state index in [1.807, 2.05) is 13.8 Å². The zero-order chi connectivity index (χ0) is 19.9. The number of amides is 1. The van der Waals surface area contributed by atoms with Gasteiger partial charge in [0.2, 0.25) is 5.91 Å². The molecule has 0 spiro atoms. The Balaban J connectivity index is 1.85. The van der Waals surface area contributed by atoms with Crippen molar-refractivity contribution < 1.29 is 9.18 Å². The molecule has 1 atom stereocenters. The van der Waals surface area contributed by atoms with E-state index in [9.17, 15) is 14.0 Å². The van der Waals surface area contributed by atoms with Gasteiger partial charge in [-0.1, -0.05) is 23.4 Å². The average molecular weight is 426 g/mol. The molecule has 2 aromatic heterocycles. The molecule has 0 aliphatic carbocycles. The first-order valence-corrected chi connectivity index (χ1v) is 10.2. The van der Waals surface area contributed by atoms with E-state index < -0.39 is 17.0 Å². The maximum atomic E-state index is 13.9. The van der Waals surface area contributed by atoms with Gasteiger partial charge >= 0.3 is 0 Å². The van der Waals surface area contributed by atoms with Crippen LogP contribution in [0.2, 0.25) is 5.02 Å². The van der Waals surface area contributed by atoms with Crippen molar-refractivity contribution in [3.05, 3.63) is 49.8 Å². The molecule has 0 bridgehead atoms. The molecule has 3 aromatic rings. The predicted octanol–water partition coefficient (Wildman–Crippen LogP) is 4.52. The van der Waals surface area contributed by atoms with Crippen molar-refractivity contribution in [2.45, 2.75) is 31.2 Å². The second-order valence-electron chi connectivity index (χ2n) is 6.10. The van der Waals surface area contributed by atoms with Crippen LogP contribution in [-0.4, -0.2) is 20.7 Å². The third-order valence-corrected chi connectivity index (χ3v) is 6.69. The van der Waals surface area contributed by atoms with E-state index in [1.54, 1.807) is 14.0 Å². The summed E-state index contributed by atoms with van der Waals surface area (Å²) >= 11 is 8.33. The number of carbonyl (C=O) groups excluding carboxylic acids is 1. The molecule has 142 valence electrons. The zero-order valence-corrected chi connectivity index (χ0v) is 17.5. The van der Waals surface area contributed by atoms with Gasteiger partial charge in [-0.3, -0.25) is 14.2 Å². The third kappa shape index (κ3) is 3.88. The van der Waals surface area contributed by atoms with E-state index in [0.29, 0.717) is 15.4 Å². The third-order valence-electron chi connectivity index (χ3n) is 4.21. The van der Waals surface area contributed by atoms with E-state index in [2.05, 4.69) is 10.3 Å². The Bertz CT molecular complexity index is 1110. The van der Waals surface area contributed by atoms with Gasteiger partial charge in [-0.05, 0) is 44.5 Å². The number of rotatable bonds is 4. The highest BCUT2D eigenvalue weighted by Gasteiger charge is 2.21. The van der Waals surface area contributed by atoms with E-state index in [4.69, 9.17) is 11.6 Å². The highest BCUT2D eigenvalue weighted by atomic mass is 35.5. The largest absolute Gasteiger partial charge is 0.323 e. The summed E-state index contributed by atoms with van der Waals surface area (Å²) in [5.41, 5.74) is 0.850. The van der Waals surface area contributed by atoms with Crippen molar-refractivity contribution in [2.75, 3.05) is 5.32 Å². The number of nitrogens with one attached hydrogen (secondary N) is 1. The number of aromatic nitrogens is 2. The minimum absolute atomic E-state index is 0.0543. The molecule has 0 aliphatic heterocycles. The molecule has 1 amide bonds. The van der Waals surface area contributed by atoms with Gasteiger partial charge in [-0.2, -0.15) is 0 Å². The van der Waals surface area contributed by atoms with Crippen LogP contribution in [0.4, 0.5) is 10.1 Å². The number of halogens is 2. The summed E-state index contributed by atoms with van der Waals surface area (Å²) in [4.78, 5) is 31.3. The van der Waals surface area contributed by atoms with Gasteiger partial charge in [0.1, 0.15) is 10.6 Å². The number of anilines is 1. The van der Waals surface area contributed by atoms with Crippen molar-refractivity contribution >= 4 is 56.5 Å². The van der Waals surface area contributed by atoms with Crippen LogP contribution in [0.25, 0.3) is 10.2 Å². The molecule has 5 nitrogen and oxygen atoms in total. The van der Waals surface area contributed by atoms with Crippen LogP contribution < -0.4 is 10.9 Å². The number of aryl methyl sites for hydroxylation is 2. The molecule has 0 saturated heterocycles. The first kappa shape index (κ1) is 19.9. The predicted molar refractivity (Wildman–Crippen MR) is 110 cm³/mol. The number of nitrogens with zero attached hydrogens (tertiary/aromatic N) is 2. The smallest absolute Gasteiger partial charge is 0.262 e. The summed E-state index contributed by atoms with van der Waals surface area (Å²) in [6.07, 6.45) is 0. The molecule has 9 heteroatoms. The number of hydrogen-bond acceptors (Lipinski definition) is 5. The Morgan fingerprint density at radius 2 is 2.11 bits per heavy atom. The lowest BCUT2D eigenvalue weighted by atomic mass is 10.2. The van der Waals surface area contributed by atoms with Gasteiger partial charge in [-0.15, -0.1) is 11.3 Å². The lowest BCUT2D eigenvalue weighted by molar-refractivity contribution is -0.115. The maximum absolute atomic E-state index is 13.9. The Hall–Kier alpha value is -1.90. The fourth-order valence-electron chi connectivity index (χ4n) is 2.50. The lowest BCUT2D eigenvalue weighted by Crippen LogP contribution is -2.25. The second-order valence-corrected chi connectivity index (χ2v) is 9.04. The van der Waals surface area contributed by atoms with E-state index in [1.165, 1.54) is 28.0 Å². The van der Waals surface area contributed by atoms with Crippen molar-refractivity contribution in [1.29, 1.82) is 0 Å². The summed E-state index contributed by atoms with van der Waals surface area (Å²) in [7, 11) is 1.63. The Labute approximate surface area is 168 Å². The van der Waals surface area contributed by atoms with Crippen molar-refractivity contribution in [3.8, 4) is 0 Å². The molecule has 1 unspecified atom stereocenters. The zero-order valence-electron chi connectivity index (χ0n) is 15.1. The summed E-state index contributed by atoms with van der Waals surface area (Å²) in [6.45, 7) is 5.53. The van der Waals surface area contributed by atoms with Gasteiger partial charge in [-0.25, -0.2) is 9.37 Å². The quantitative estimate of drug-likeness (QED) is 0.493. The first-order chi connectivity index (χ1) is 12.7. The van der Waals surface area contributed by atoms with E-state index in [-0.39, 0.29) is 16.3 Å². The van der Waals surface area contributed by atoms with Crippen molar-refractivity contribution in [2.24, 2.45) is 7.05 Å². The van der Waals surface area contributed by atoms with Gasteiger partial charge < -0.3 is 5.32 Å². The molecule has 3 rings (SSSR count). The highest BCUT2D eigenvalue weighted by molar-refractivity contribution is 8.00. The SMILES string of the molecule is Cc1sc2nc(SC(C)C(=O)Nc3ccc(Cl)cc3F)n(C)c(=O)c2c1C. The molecule has 2 heterocycles. The minimum atomic E-state index is -0.607. The monoisotopic (exact) mass is 425 g/mol. The highest BCUT2D eigenvalue weighted by Crippen LogP contribution is 2.29. The molecule has 0 radical (unpaired) electrons. The van der Waals surface area contributed by atoms with Crippen LogP contribution in [-0.2, 0) is 11.8 Å². The number of benzene rings is 1. The maximum Gasteiger partial charge on any atom is 0.262 e. The fraction of sp³-hybridized carbons (Fsp3) is 0.278. The summed E-state index contributed by atoms with van der Waals surface area (Å²) in [5.74, 6) is -1.00. The van der Waals surface area contributed by atoms with Crippen LogP contribution in [0, 0.1) is 19.7 Å². The van der Waals surface area contributed by atoms with Crippen molar-refractivity contribution in [3.63, 3.8) is 0 Å². The molecule has 1 N–H and O–H groups in total. The standard InChI is InChI=1S/C18H17ClFN3O2S2/c1-8-9(2)26-16-14(8)17(25)23(4)18(22-16)27-10(3)15(24)21-13-6-5-11(19)7-12(13)20/h5-7,10H,1-4H3,(H,21,24). The van der Waals surface area contributed by atoms with Crippen LogP contribution in [0.1, 0.15) is 17.4 Å². The fourth-order valence-corrected chi connectivity index (χ4v) is 4.60. The number of carbonyl (C=O) groups is 1. The summed E-state index contributed by atoms with van der Waals surface area (Å²) in [6, 6.07) is 4.04. The molecule has 0 saturated carbocycles. The molecule has 0 aliphatic rings. The van der Waals surface area contributed by atoms with Crippen LogP contribution in [0.5, 0.6) is 0 Å². The molecule has 0 fully saturated rings. The second kappa shape index (κ2) is 7.61. The van der Waals surface area contributed by atoms with Crippen LogP contribution in [0.3, 0.4) is 0 Å². The molecular weight excluding hydrogens is 409 g/mol. The number of thioether (sulfide) groups is 1. The minimum Gasteiger partial charge on any atom is -0.323 e. The summed E-state index contributed by atoms with van der Waals surface area (Å²) < 4.78 is 15.3. The normalized spacial score (nSPS) is 12.4. The van der Waals surface area contributed by atoms with Gasteiger partial charge in [0.05, 0.1) is 16.3 Å². The molecule has 27 heavy (non-hydrogen) atoms. The Kier molecular flexibility index (Phi) is 5.60. The van der Waals surface area contributed by atoms with E-state index >= 15 is 0 Å². The lowest BCUT2D eigenvalue weighted by Gasteiger charge is -2.14. The van der Waals surface area contributed by atoms with Crippen LogP contribution >= 0.6 is 34.7 Å². The van der Waals surface area contributed by atoms with Gasteiger partial charge in [0.25, 0.3) is 5.56 Å². The number of thiophene rings is 1. The number of fused-ring (bicyclic) bond motifs is 1. The average Bonchev–Trinajstić information content (AvgIpc) is 2.89. The van der Waals surface area contributed by atoms with Crippen molar-refractivity contribution in [1.82, 2.24) is 9.55 Å². The first-order valence-electron chi connectivity index (χ1n) is 8.08. The summed E-state index contributed by atoms with van der Waals surface area (Å²) in [5, 5.41) is 3.26. The molecular formula is C18H17ClFN3O2S2. The van der Waals surface area contributed by atoms with E-state index in [0.717, 1.165) is 28.3 Å². The van der Waals surface area contributed by atoms with Gasteiger partial charge in [0.15, 0.2) is 5.16 Å². The van der Waals surface area contributed by atoms with Gasteiger partial charge in [0, 0.05) is 16.9 Å². The topological polar surface area (TPSA) is 64.0 Å².